The van der Waals surface area contributed by atoms with Crippen LogP contribution in [-0.2, 0) is 23.2 Å². The molecule has 27 heavy (non-hydrogen) atoms. The molecule has 7 heteroatoms. The molecular weight excluding hydrogens is 344 g/mol. The molecule has 138 valence electrons. The summed E-state index contributed by atoms with van der Waals surface area (Å²) in [5, 5.41) is 2.34. The molecule has 0 radical (unpaired) electrons. The predicted octanol–water partition coefficient (Wildman–Crippen LogP) is 1.73. The minimum absolute atomic E-state index is 0.144. The highest BCUT2D eigenvalue weighted by Gasteiger charge is 2.39. The number of benzene rings is 1. The van der Waals surface area contributed by atoms with E-state index in [1.807, 2.05) is 31.6 Å². The Hall–Kier alpha value is -2.96. The van der Waals surface area contributed by atoms with Gasteiger partial charge in [-0.15, -0.1) is 0 Å². The Morgan fingerprint density at radius 3 is 2.70 bits per heavy atom. The SMILES string of the molecule is Cn1cnc(-c2ccc3c(c2)CN(C2CCC(=O)NC2=O)C3=O)c1C1CC1. The Kier molecular flexibility index (Phi) is 3.47. The maximum atomic E-state index is 12.8. The van der Waals surface area contributed by atoms with E-state index in [1.165, 1.54) is 18.5 Å². The molecule has 1 aromatic carbocycles. The van der Waals surface area contributed by atoms with E-state index in [1.54, 1.807) is 4.90 Å². The smallest absolute Gasteiger partial charge is 0.255 e. The van der Waals surface area contributed by atoms with Crippen molar-refractivity contribution in [1.29, 1.82) is 0 Å². The third-order valence-electron chi connectivity index (χ3n) is 5.74. The van der Waals surface area contributed by atoms with Crippen LogP contribution in [0.4, 0.5) is 0 Å². The van der Waals surface area contributed by atoms with Crippen molar-refractivity contribution < 1.29 is 14.4 Å². The molecule has 0 bridgehead atoms. The normalized spacial score (nSPS) is 22.2. The van der Waals surface area contributed by atoms with Gasteiger partial charge in [-0.3, -0.25) is 19.7 Å². The minimum atomic E-state index is -0.581. The molecule has 0 spiro atoms. The molecule has 2 fully saturated rings. The van der Waals surface area contributed by atoms with Gasteiger partial charge < -0.3 is 9.47 Å². The summed E-state index contributed by atoms with van der Waals surface area (Å²) in [7, 11) is 2.02. The molecule has 1 unspecified atom stereocenters. The Morgan fingerprint density at radius 1 is 1.15 bits per heavy atom. The van der Waals surface area contributed by atoms with Crippen LogP contribution in [0.25, 0.3) is 11.3 Å². The molecule has 1 N–H and O–H groups in total. The van der Waals surface area contributed by atoms with E-state index in [-0.39, 0.29) is 24.1 Å². The van der Waals surface area contributed by atoms with Crippen LogP contribution in [0, 0.1) is 0 Å². The zero-order valence-corrected chi connectivity index (χ0v) is 15.1. The van der Waals surface area contributed by atoms with Crippen molar-refractivity contribution in [2.75, 3.05) is 0 Å². The number of carbonyl (C=O) groups is 3. The van der Waals surface area contributed by atoms with Gasteiger partial charge in [0.25, 0.3) is 5.91 Å². The third kappa shape index (κ3) is 2.57. The summed E-state index contributed by atoms with van der Waals surface area (Å²) in [6, 6.07) is 5.22. The summed E-state index contributed by atoms with van der Waals surface area (Å²) in [6.45, 7) is 0.389. The fourth-order valence-corrected chi connectivity index (χ4v) is 4.22. The lowest BCUT2D eigenvalue weighted by Crippen LogP contribution is -2.52. The van der Waals surface area contributed by atoms with Crippen LogP contribution in [0.5, 0.6) is 0 Å². The number of rotatable bonds is 3. The molecule has 3 heterocycles. The average molecular weight is 364 g/mol. The first-order valence-electron chi connectivity index (χ1n) is 9.32. The number of carbonyl (C=O) groups excluding carboxylic acids is 3. The molecular formula is C20H20N4O3. The molecule has 1 saturated heterocycles. The number of piperidine rings is 1. The summed E-state index contributed by atoms with van der Waals surface area (Å²) in [4.78, 5) is 42.5. The number of aromatic nitrogens is 2. The monoisotopic (exact) mass is 364 g/mol. The third-order valence-corrected chi connectivity index (χ3v) is 5.74. The largest absolute Gasteiger partial charge is 0.337 e. The van der Waals surface area contributed by atoms with Crippen LogP contribution in [-0.4, -0.2) is 38.2 Å². The lowest BCUT2D eigenvalue weighted by molar-refractivity contribution is -0.136. The Bertz CT molecular complexity index is 989. The lowest BCUT2D eigenvalue weighted by Gasteiger charge is -2.29. The van der Waals surface area contributed by atoms with Crippen LogP contribution >= 0.6 is 0 Å². The van der Waals surface area contributed by atoms with Crippen molar-refractivity contribution in [3.63, 3.8) is 0 Å². The van der Waals surface area contributed by atoms with Crippen molar-refractivity contribution in [2.24, 2.45) is 7.05 Å². The Morgan fingerprint density at radius 2 is 1.96 bits per heavy atom. The molecule has 7 nitrogen and oxygen atoms in total. The molecule has 2 aromatic rings. The van der Waals surface area contributed by atoms with Gasteiger partial charge in [0.15, 0.2) is 0 Å². The van der Waals surface area contributed by atoms with E-state index in [9.17, 15) is 14.4 Å². The second-order valence-corrected chi connectivity index (χ2v) is 7.64. The Balaban J connectivity index is 1.46. The maximum absolute atomic E-state index is 12.8. The quantitative estimate of drug-likeness (QED) is 0.841. The summed E-state index contributed by atoms with van der Waals surface area (Å²) in [5.41, 5.74) is 4.78. The number of hydrogen-bond acceptors (Lipinski definition) is 4. The molecule has 3 aliphatic rings. The van der Waals surface area contributed by atoms with E-state index in [4.69, 9.17) is 0 Å². The number of imide groups is 1. The number of nitrogens with zero attached hydrogens (tertiary/aromatic N) is 3. The van der Waals surface area contributed by atoms with Gasteiger partial charge in [-0.25, -0.2) is 4.98 Å². The van der Waals surface area contributed by atoms with Gasteiger partial charge in [-0.2, -0.15) is 0 Å². The lowest BCUT2D eigenvalue weighted by atomic mass is 10.0. The number of aryl methyl sites for hydroxylation is 1. The van der Waals surface area contributed by atoms with Crippen molar-refractivity contribution in [1.82, 2.24) is 19.8 Å². The molecule has 1 aliphatic carbocycles. The topological polar surface area (TPSA) is 84.3 Å². The van der Waals surface area contributed by atoms with Crippen molar-refractivity contribution >= 4 is 17.7 Å². The van der Waals surface area contributed by atoms with E-state index < -0.39 is 6.04 Å². The summed E-state index contributed by atoms with van der Waals surface area (Å²) in [5.74, 6) is -0.226. The van der Waals surface area contributed by atoms with Gasteiger partial charge >= 0.3 is 0 Å². The molecule has 3 amide bonds. The standard InChI is InChI=1S/C20H20N4O3/c1-23-10-21-17(18(23)11-2-3-11)12-4-5-14-13(8-12)9-24(20(14)27)15-6-7-16(25)22-19(15)26/h4-5,8,10-11,15H,2-3,6-7,9H2,1H3,(H,22,25,26). The summed E-state index contributed by atoms with van der Waals surface area (Å²) < 4.78 is 2.08. The number of fused-ring (bicyclic) bond motifs is 1. The van der Waals surface area contributed by atoms with Crippen molar-refractivity contribution in [3.8, 4) is 11.3 Å². The number of nitrogens with one attached hydrogen (secondary N) is 1. The van der Waals surface area contributed by atoms with Crippen LogP contribution in [0.3, 0.4) is 0 Å². The highest BCUT2D eigenvalue weighted by molar-refractivity contribution is 6.05. The number of hydrogen-bond donors (Lipinski definition) is 1. The van der Waals surface area contributed by atoms with Crippen LogP contribution in [0.1, 0.15) is 53.2 Å². The molecule has 1 saturated carbocycles. The maximum Gasteiger partial charge on any atom is 0.255 e. The first-order valence-corrected chi connectivity index (χ1v) is 9.32. The van der Waals surface area contributed by atoms with E-state index in [0.717, 1.165) is 16.8 Å². The van der Waals surface area contributed by atoms with Crippen molar-refractivity contribution in [2.45, 2.75) is 44.2 Å². The fraction of sp³-hybridized carbons (Fsp3) is 0.400. The number of imidazole rings is 1. The van der Waals surface area contributed by atoms with Gasteiger partial charge in [-0.05, 0) is 37.0 Å². The highest BCUT2D eigenvalue weighted by Crippen LogP contribution is 2.44. The molecule has 5 rings (SSSR count). The zero-order chi connectivity index (χ0) is 18.7. The number of amides is 3. The van der Waals surface area contributed by atoms with E-state index in [2.05, 4.69) is 14.9 Å². The molecule has 1 aromatic heterocycles. The van der Waals surface area contributed by atoms with Gasteiger partial charge in [-0.1, -0.05) is 6.07 Å². The Labute approximate surface area is 156 Å². The van der Waals surface area contributed by atoms with E-state index in [0.29, 0.717) is 24.4 Å². The van der Waals surface area contributed by atoms with E-state index >= 15 is 0 Å². The fourth-order valence-electron chi connectivity index (χ4n) is 4.22. The van der Waals surface area contributed by atoms with Gasteiger partial charge in [0.1, 0.15) is 6.04 Å². The molecule has 2 aliphatic heterocycles. The summed E-state index contributed by atoms with van der Waals surface area (Å²) >= 11 is 0. The predicted molar refractivity (Wildman–Crippen MR) is 96.7 cm³/mol. The van der Waals surface area contributed by atoms with Crippen LogP contribution < -0.4 is 5.32 Å². The van der Waals surface area contributed by atoms with Crippen LogP contribution in [0.2, 0.25) is 0 Å². The van der Waals surface area contributed by atoms with Crippen LogP contribution in [0.15, 0.2) is 24.5 Å². The minimum Gasteiger partial charge on any atom is -0.337 e. The van der Waals surface area contributed by atoms with Gasteiger partial charge in [0, 0.05) is 42.8 Å². The average Bonchev–Trinajstić information content (AvgIpc) is 3.33. The second-order valence-electron chi connectivity index (χ2n) is 7.64. The summed E-state index contributed by atoms with van der Waals surface area (Å²) in [6.07, 6.45) is 4.87. The van der Waals surface area contributed by atoms with Crippen molar-refractivity contribution in [3.05, 3.63) is 41.3 Å². The zero-order valence-electron chi connectivity index (χ0n) is 15.1. The highest BCUT2D eigenvalue weighted by atomic mass is 16.2. The van der Waals surface area contributed by atoms with Gasteiger partial charge in [0.05, 0.1) is 12.0 Å². The van der Waals surface area contributed by atoms with Gasteiger partial charge in [0.2, 0.25) is 11.8 Å². The first-order chi connectivity index (χ1) is 13.0. The first kappa shape index (κ1) is 16.2. The second kappa shape index (κ2) is 5.77. The molecule has 1 atom stereocenters.